The molecule has 1 aliphatic rings. The summed E-state index contributed by atoms with van der Waals surface area (Å²) in [6.45, 7) is 0.771. The highest BCUT2D eigenvalue weighted by molar-refractivity contribution is 7.10. The van der Waals surface area contributed by atoms with Crippen LogP contribution in [-0.2, 0) is 20.9 Å². The van der Waals surface area contributed by atoms with Crippen LogP contribution in [0.4, 0.5) is 4.79 Å². The Morgan fingerprint density at radius 1 is 0.878 bits per heavy atom. The van der Waals surface area contributed by atoms with Gasteiger partial charge in [0.05, 0.1) is 0 Å². The Kier molecular flexibility index (Phi) is 8.76. The van der Waals surface area contributed by atoms with Crippen molar-refractivity contribution in [1.82, 2.24) is 15.5 Å². The summed E-state index contributed by atoms with van der Waals surface area (Å²) in [5.41, 5.74) is 5.44. The van der Waals surface area contributed by atoms with Gasteiger partial charge < -0.3 is 20.5 Å². The molecule has 0 spiro atoms. The number of benzene rings is 3. The average molecular weight is 570 g/mol. The lowest BCUT2D eigenvalue weighted by Gasteiger charge is -2.26. The van der Waals surface area contributed by atoms with Gasteiger partial charge >= 0.3 is 12.1 Å². The molecular formula is C32H31N3O5S. The minimum atomic E-state index is -1.23. The molecule has 1 heterocycles. The topological polar surface area (TPSA) is 108 Å². The third kappa shape index (κ3) is 6.65. The Morgan fingerprint density at radius 3 is 2.12 bits per heavy atom. The first-order chi connectivity index (χ1) is 19.9. The third-order valence-electron chi connectivity index (χ3n) is 7.10. The van der Waals surface area contributed by atoms with Crippen molar-refractivity contribution in [1.29, 1.82) is 0 Å². The van der Waals surface area contributed by atoms with Gasteiger partial charge in [0.2, 0.25) is 5.91 Å². The number of nitrogens with one attached hydrogen (secondary N) is 2. The van der Waals surface area contributed by atoms with E-state index in [0.717, 1.165) is 27.8 Å². The number of ether oxygens (including phenoxy) is 1. The summed E-state index contributed by atoms with van der Waals surface area (Å²) in [6.07, 6.45) is -0.747. The number of carbonyl (C=O) groups is 3. The number of alkyl carbamates (subject to hydrolysis) is 1. The molecule has 2 atom stereocenters. The van der Waals surface area contributed by atoms with Crippen LogP contribution in [0.25, 0.3) is 11.1 Å². The molecule has 1 aliphatic carbocycles. The quantitative estimate of drug-likeness (QED) is 0.234. The highest BCUT2D eigenvalue weighted by atomic mass is 32.1. The molecular weight excluding hydrogens is 538 g/mol. The third-order valence-corrected chi connectivity index (χ3v) is 8.04. The normalized spacial score (nSPS) is 13.6. The van der Waals surface area contributed by atoms with Crippen LogP contribution in [0.5, 0.6) is 0 Å². The monoisotopic (exact) mass is 569 g/mol. The molecule has 0 radical (unpaired) electrons. The largest absolute Gasteiger partial charge is 0.479 e. The van der Waals surface area contributed by atoms with E-state index in [0.29, 0.717) is 11.4 Å². The Morgan fingerprint density at radius 2 is 1.51 bits per heavy atom. The van der Waals surface area contributed by atoms with E-state index in [4.69, 9.17) is 4.74 Å². The van der Waals surface area contributed by atoms with E-state index in [9.17, 15) is 19.5 Å². The number of rotatable bonds is 11. The Balaban J connectivity index is 1.29. The molecule has 3 aromatic carbocycles. The second-order valence-electron chi connectivity index (χ2n) is 10.0. The summed E-state index contributed by atoms with van der Waals surface area (Å²) in [7, 11) is 1.83. The SMILES string of the molecule is CN(Cc1ccccc1)CC(NC(=O)OCC1c2ccccc2-c2ccccc21)C(=O)NC(C(=O)O)c1cccs1. The van der Waals surface area contributed by atoms with Crippen molar-refractivity contribution in [2.75, 3.05) is 20.2 Å². The van der Waals surface area contributed by atoms with E-state index in [1.165, 1.54) is 11.3 Å². The molecule has 8 nitrogen and oxygen atoms in total. The van der Waals surface area contributed by atoms with E-state index in [2.05, 4.69) is 22.8 Å². The number of hydrogen-bond donors (Lipinski definition) is 3. The van der Waals surface area contributed by atoms with Gasteiger partial charge in [0.25, 0.3) is 0 Å². The molecule has 0 fully saturated rings. The first-order valence-corrected chi connectivity index (χ1v) is 14.2. The molecule has 9 heteroatoms. The number of nitrogens with zero attached hydrogens (tertiary/aromatic N) is 1. The van der Waals surface area contributed by atoms with Gasteiger partial charge in [-0.2, -0.15) is 0 Å². The summed E-state index contributed by atoms with van der Waals surface area (Å²) in [4.78, 5) is 40.8. The molecule has 210 valence electrons. The minimum Gasteiger partial charge on any atom is -0.479 e. The summed E-state index contributed by atoms with van der Waals surface area (Å²) in [6, 6.07) is 26.9. The molecule has 5 rings (SSSR count). The van der Waals surface area contributed by atoms with E-state index in [1.807, 2.05) is 78.7 Å². The maximum atomic E-state index is 13.4. The lowest BCUT2D eigenvalue weighted by atomic mass is 9.98. The molecule has 4 aromatic rings. The van der Waals surface area contributed by atoms with Gasteiger partial charge in [0.1, 0.15) is 12.6 Å². The number of likely N-dealkylation sites (N-methyl/N-ethyl adjacent to an activating group) is 1. The van der Waals surface area contributed by atoms with E-state index >= 15 is 0 Å². The van der Waals surface area contributed by atoms with Crippen molar-refractivity contribution < 1.29 is 24.2 Å². The van der Waals surface area contributed by atoms with Gasteiger partial charge in [-0.1, -0.05) is 84.9 Å². The Labute approximate surface area is 242 Å². The van der Waals surface area contributed by atoms with Gasteiger partial charge in [-0.3, -0.25) is 9.69 Å². The Bertz CT molecular complexity index is 1460. The highest BCUT2D eigenvalue weighted by Crippen LogP contribution is 2.44. The molecule has 0 saturated heterocycles. The predicted molar refractivity (Wildman–Crippen MR) is 158 cm³/mol. The average Bonchev–Trinajstić information content (AvgIpc) is 3.61. The maximum absolute atomic E-state index is 13.4. The minimum absolute atomic E-state index is 0.0982. The lowest BCUT2D eigenvalue weighted by Crippen LogP contribution is -2.53. The molecule has 0 saturated carbocycles. The van der Waals surface area contributed by atoms with Crippen LogP contribution in [0.2, 0.25) is 0 Å². The number of carbonyl (C=O) groups excluding carboxylic acids is 2. The number of carboxylic acids is 1. The molecule has 0 bridgehead atoms. The van der Waals surface area contributed by atoms with Gasteiger partial charge in [-0.05, 0) is 46.3 Å². The van der Waals surface area contributed by atoms with Crippen LogP contribution in [-0.4, -0.2) is 54.2 Å². The lowest BCUT2D eigenvalue weighted by molar-refractivity contribution is -0.142. The van der Waals surface area contributed by atoms with E-state index < -0.39 is 30.1 Å². The molecule has 2 unspecified atom stereocenters. The summed E-state index contributed by atoms with van der Waals surface area (Å²) < 4.78 is 5.68. The second kappa shape index (κ2) is 12.8. The van der Waals surface area contributed by atoms with E-state index in [-0.39, 0.29) is 19.1 Å². The first-order valence-electron chi connectivity index (χ1n) is 13.3. The standard InChI is InChI=1S/C32H31N3O5S/c1-35(18-21-10-3-2-4-11-21)19-27(30(36)34-29(31(37)38)28-16-9-17-41-28)33-32(39)40-20-26-24-14-7-5-12-22(24)23-13-6-8-15-25(23)26/h2-17,26-27,29H,18-20H2,1H3,(H,33,39)(H,34,36)(H,37,38). The van der Waals surface area contributed by atoms with Gasteiger partial charge in [-0.25, -0.2) is 9.59 Å². The Hall–Kier alpha value is -4.47. The number of hydrogen-bond acceptors (Lipinski definition) is 6. The van der Waals surface area contributed by atoms with Crippen molar-refractivity contribution in [3.63, 3.8) is 0 Å². The zero-order chi connectivity index (χ0) is 28.8. The smallest absolute Gasteiger partial charge is 0.407 e. The fourth-order valence-corrected chi connectivity index (χ4v) is 5.97. The molecule has 3 N–H and O–H groups in total. The van der Waals surface area contributed by atoms with Gasteiger partial charge in [0.15, 0.2) is 6.04 Å². The van der Waals surface area contributed by atoms with Crippen LogP contribution in [0.15, 0.2) is 96.4 Å². The first kappa shape index (κ1) is 28.1. The number of amides is 2. The van der Waals surface area contributed by atoms with Crippen molar-refractivity contribution in [3.05, 3.63) is 118 Å². The number of fused-ring (bicyclic) bond motifs is 3. The van der Waals surface area contributed by atoms with Crippen LogP contribution in [0.1, 0.15) is 33.5 Å². The van der Waals surface area contributed by atoms with Crippen molar-refractivity contribution in [3.8, 4) is 11.1 Å². The van der Waals surface area contributed by atoms with Crippen LogP contribution in [0.3, 0.4) is 0 Å². The maximum Gasteiger partial charge on any atom is 0.407 e. The summed E-state index contributed by atoms with van der Waals surface area (Å²) in [5.74, 6) is -1.92. The molecule has 1 aromatic heterocycles. The number of aliphatic carboxylic acids is 1. The second-order valence-corrected chi connectivity index (χ2v) is 11.0. The highest BCUT2D eigenvalue weighted by Gasteiger charge is 2.32. The summed E-state index contributed by atoms with van der Waals surface area (Å²) >= 11 is 1.24. The van der Waals surface area contributed by atoms with Crippen LogP contribution < -0.4 is 10.6 Å². The van der Waals surface area contributed by atoms with E-state index in [1.54, 1.807) is 17.5 Å². The van der Waals surface area contributed by atoms with Gasteiger partial charge in [0, 0.05) is 23.9 Å². The van der Waals surface area contributed by atoms with Gasteiger partial charge in [-0.15, -0.1) is 11.3 Å². The molecule has 2 amide bonds. The zero-order valence-corrected chi connectivity index (χ0v) is 23.3. The predicted octanol–water partition coefficient (Wildman–Crippen LogP) is 5.03. The molecule has 41 heavy (non-hydrogen) atoms. The number of carboxylic acid groups (broad SMARTS) is 1. The fourth-order valence-electron chi connectivity index (χ4n) is 5.20. The summed E-state index contributed by atoms with van der Waals surface area (Å²) in [5, 5.41) is 16.8. The van der Waals surface area contributed by atoms with Crippen LogP contribution >= 0.6 is 11.3 Å². The fraction of sp³-hybridized carbons (Fsp3) is 0.219. The van der Waals surface area contributed by atoms with Crippen molar-refractivity contribution >= 4 is 29.3 Å². The van der Waals surface area contributed by atoms with Crippen molar-refractivity contribution in [2.24, 2.45) is 0 Å². The molecule has 0 aliphatic heterocycles. The zero-order valence-electron chi connectivity index (χ0n) is 22.5. The van der Waals surface area contributed by atoms with Crippen LogP contribution in [0, 0.1) is 0 Å². The number of thiophene rings is 1. The van der Waals surface area contributed by atoms with Crippen molar-refractivity contribution in [2.45, 2.75) is 24.5 Å².